The summed E-state index contributed by atoms with van der Waals surface area (Å²) in [6.45, 7) is 0. The molecule has 6 heteroatoms. The van der Waals surface area contributed by atoms with Crippen LogP contribution in [-0.4, -0.2) is 9.13 Å². The van der Waals surface area contributed by atoms with Crippen LogP contribution in [0.15, 0.2) is 242 Å². The zero-order valence-electron chi connectivity index (χ0n) is 37.0. The van der Waals surface area contributed by atoms with Crippen molar-refractivity contribution in [2.45, 2.75) is 12.8 Å². The van der Waals surface area contributed by atoms with E-state index in [0.29, 0.717) is 12.0 Å². The number of benzene rings is 9. The van der Waals surface area contributed by atoms with Crippen LogP contribution in [0.3, 0.4) is 0 Å². The Morgan fingerprint density at radius 3 is 1.25 bits per heavy atom. The molecule has 0 saturated heterocycles. The van der Waals surface area contributed by atoms with Crippen LogP contribution in [-0.2, 0) is 0 Å². The molecule has 0 radical (unpaired) electrons. The number of para-hydroxylation sites is 4. The second-order valence-corrected chi connectivity index (χ2v) is 17.2. The highest BCUT2D eigenvalue weighted by molar-refractivity contribution is 6.12. The first-order valence-electron chi connectivity index (χ1n) is 22.9. The van der Waals surface area contributed by atoms with Crippen molar-refractivity contribution in [1.29, 1.82) is 10.5 Å². The maximum absolute atomic E-state index is 9.72. The monoisotopic (exact) mass is 870 g/mol. The summed E-state index contributed by atoms with van der Waals surface area (Å²) in [5.41, 5.74) is 16.7. The van der Waals surface area contributed by atoms with Gasteiger partial charge in [0.25, 0.3) is 0 Å². The molecule has 0 N–H and O–H groups in total. The van der Waals surface area contributed by atoms with Gasteiger partial charge in [-0.15, -0.1) is 0 Å². The van der Waals surface area contributed by atoms with E-state index in [1.807, 2.05) is 30.3 Å². The van der Waals surface area contributed by atoms with Gasteiger partial charge in [-0.2, -0.15) is 10.5 Å². The van der Waals surface area contributed by atoms with Crippen molar-refractivity contribution in [2.75, 3.05) is 9.80 Å². The molecule has 0 amide bonds. The van der Waals surface area contributed by atoms with Crippen LogP contribution in [0.5, 0.6) is 0 Å². The zero-order valence-corrected chi connectivity index (χ0v) is 37.0. The lowest BCUT2D eigenvalue weighted by Crippen LogP contribution is -2.17. The van der Waals surface area contributed by atoms with E-state index in [0.717, 1.165) is 90.6 Å². The van der Waals surface area contributed by atoms with Crippen molar-refractivity contribution in [3.05, 3.63) is 247 Å². The third kappa shape index (κ3) is 6.97. The van der Waals surface area contributed by atoms with Crippen molar-refractivity contribution in [3.63, 3.8) is 0 Å². The van der Waals surface area contributed by atoms with Gasteiger partial charge in [0, 0.05) is 72.6 Å². The van der Waals surface area contributed by atoms with Crippen LogP contribution >= 0.6 is 0 Å². The summed E-state index contributed by atoms with van der Waals surface area (Å²) in [5, 5.41) is 24.1. The summed E-state index contributed by atoms with van der Waals surface area (Å²) in [5.74, 6) is 0. The first-order chi connectivity index (χ1) is 33.6. The molecule has 1 aliphatic rings. The van der Waals surface area contributed by atoms with Crippen molar-refractivity contribution < 1.29 is 0 Å². The zero-order chi connectivity index (χ0) is 45.6. The molecule has 6 nitrogen and oxygen atoms in total. The highest BCUT2D eigenvalue weighted by atomic mass is 15.2. The number of hydrogen-bond donors (Lipinski definition) is 0. The van der Waals surface area contributed by atoms with Gasteiger partial charge in [-0.1, -0.05) is 97.1 Å². The summed E-state index contributed by atoms with van der Waals surface area (Å²) in [7, 11) is 0. The molecule has 11 aromatic rings. The van der Waals surface area contributed by atoms with Gasteiger partial charge in [-0.3, -0.25) is 0 Å². The van der Waals surface area contributed by atoms with Gasteiger partial charge in [-0.05, 0) is 157 Å². The smallest absolute Gasteiger partial charge is 0.0991 e. The Bertz CT molecular complexity index is 3840. The normalized spacial score (nSPS) is 12.4. The maximum atomic E-state index is 9.72. The molecule has 0 saturated carbocycles. The fourth-order valence-corrected chi connectivity index (χ4v) is 10.0. The molecule has 68 heavy (non-hydrogen) atoms. The Balaban J connectivity index is 0.914. The minimum absolute atomic E-state index is 0.617. The Labute approximate surface area is 394 Å². The summed E-state index contributed by atoms with van der Waals surface area (Å²) in [6.07, 6.45) is 5.52. The predicted octanol–water partition coefficient (Wildman–Crippen LogP) is 16.2. The fraction of sp³-hybridized carbons (Fsp3) is 0.0323. The molecule has 12 rings (SSSR count). The fourth-order valence-electron chi connectivity index (χ4n) is 10.0. The van der Waals surface area contributed by atoms with E-state index in [2.05, 4.69) is 231 Å². The average molecular weight is 871 g/mol. The lowest BCUT2D eigenvalue weighted by molar-refractivity contribution is 0.894. The van der Waals surface area contributed by atoms with E-state index in [4.69, 9.17) is 0 Å². The molecule has 9 aromatic carbocycles. The van der Waals surface area contributed by atoms with Crippen LogP contribution < -0.4 is 9.80 Å². The molecular weight excluding hydrogens is 829 g/mol. The summed E-state index contributed by atoms with van der Waals surface area (Å²) in [4.78, 5) is 4.60. The topological polar surface area (TPSA) is 63.9 Å². The van der Waals surface area contributed by atoms with Gasteiger partial charge in [0.1, 0.15) is 0 Å². The van der Waals surface area contributed by atoms with Crippen molar-refractivity contribution in [2.24, 2.45) is 0 Å². The van der Waals surface area contributed by atoms with Crippen LogP contribution in [0, 0.1) is 22.7 Å². The van der Waals surface area contributed by atoms with E-state index in [-0.39, 0.29) is 0 Å². The quantitative estimate of drug-likeness (QED) is 0.145. The molecule has 0 aliphatic heterocycles. The number of anilines is 5. The number of aromatic nitrogens is 2. The molecule has 1 aliphatic carbocycles. The molecule has 0 atom stereocenters. The molecule has 0 spiro atoms. The standard InChI is InChI=1S/C62H42N6/c63-41-43-19-27-49(28-20-43)65(53-35-37-61-57(39-53)55-15-7-9-17-59(55)67(61)47-11-3-1-4-12-47)51-31-23-45(24-32-51)46-25-33-52(34-26-46)66(50-29-21-44(42-64)22-30-50)54-36-38-62-58(40-54)56-16-8-10-18-60(56)68(62)48-13-5-2-6-14-48/h1-21,23-29,31-40H,22,30H2. The molecular formula is C62H42N6. The number of rotatable bonds is 9. The first kappa shape index (κ1) is 40.2. The molecule has 2 heterocycles. The van der Waals surface area contributed by atoms with Gasteiger partial charge in [0.15, 0.2) is 0 Å². The first-order valence-corrected chi connectivity index (χ1v) is 22.9. The minimum atomic E-state index is 0.617. The van der Waals surface area contributed by atoms with E-state index in [1.165, 1.54) is 21.7 Å². The van der Waals surface area contributed by atoms with E-state index in [1.54, 1.807) is 0 Å². The molecule has 2 aromatic heterocycles. The number of allylic oxidation sites excluding steroid dienone is 4. The minimum Gasteiger partial charge on any atom is -0.314 e. The Kier molecular flexibility index (Phi) is 9.98. The van der Waals surface area contributed by atoms with Gasteiger partial charge >= 0.3 is 0 Å². The average Bonchev–Trinajstić information content (AvgIpc) is 3.92. The second kappa shape index (κ2) is 16.9. The highest BCUT2D eigenvalue weighted by Crippen LogP contribution is 2.42. The predicted molar refractivity (Wildman–Crippen MR) is 280 cm³/mol. The van der Waals surface area contributed by atoms with Crippen LogP contribution in [0.25, 0.3) is 66.1 Å². The number of nitrogens with zero attached hydrogens (tertiary/aromatic N) is 6. The molecule has 0 fully saturated rings. The van der Waals surface area contributed by atoms with Gasteiger partial charge in [0.05, 0.1) is 39.8 Å². The summed E-state index contributed by atoms with van der Waals surface area (Å²) >= 11 is 0. The SMILES string of the molecule is N#CC1=CC=C(N(c2ccc(-c3ccc(N(c4ccc(C#N)cc4)c4ccc5c(c4)c4ccccc4n5-c4ccccc4)cc3)cc2)c2ccc3c(c2)c2ccccc2n3-c2ccccc2)CC1. The lowest BCUT2D eigenvalue weighted by atomic mass is 10.0. The highest BCUT2D eigenvalue weighted by Gasteiger charge is 2.22. The van der Waals surface area contributed by atoms with Crippen LogP contribution in [0.2, 0.25) is 0 Å². The second-order valence-electron chi connectivity index (χ2n) is 17.2. The van der Waals surface area contributed by atoms with Crippen LogP contribution in [0.1, 0.15) is 18.4 Å². The Morgan fingerprint density at radius 1 is 0.353 bits per heavy atom. The number of fused-ring (bicyclic) bond motifs is 6. The summed E-state index contributed by atoms with van der Waals surface area (Å²) < 4.78 is 4.67. The number of hydrogen-bond acceptors (Lipinski definition) is 4. The molecule has 0 bridgehead atoms. The Hall–Kier alpha value is -9.36. The number of nitriles is 2. The van der Waals surface area contributed by atoms with Crippen molar-refractivity contribution in [1.82, 2.24) is 9.13 Å². The van der Waals surface area contributed by atoms with Crippen molar-refractivity contribution >= 4 is 72.0 Å². The Morgan fingerprint density at radius 2 is 0.779 bits per heavy atom. The van der Waals surface area contributed by atoms with E-state index in [9.17, 15) is 10.5 Å². The third-order valence-electron chi connectivity index (χ3n) is 13.3. The van der Waals surface area contributed by atoms with E-state index >= 15 is 0 Å². The third-order valence-corrected chi connectivity index (χ3v) is 13.3. The van der Waals surface area contributed by atoms with E-state index < -0.39 is 0 Å². The van der Waals surface area contributed by atoms with Crippen LogP contribution in [0.4, 0.5) is 28.4 Å². The lowest BCUT2D eigenvalue weighted by Gasteiger charge is -2.29. The van der Waals surface area contributed by atoms with Gasteiger partial charge < -0.3 is 18.9 Å². The maximum Gasteiger partial charge on any atom is 0.0991 e. The van der Waals surface area contributed by atoms with Gasteiger partial charge in [0.2, 0.25) is 0 Å². The largest absolute Gasteiger partial charge is 0.314 e. The van der Waals surface area contributed by atoms with Crippen molar-refractivity contribution in [3.8, 4) is 34.6 Å². The molecule has 0 unspecified atom stereocenters. The molecule has 320 valence electrons. The summed E-state index contributed by atoms with van der Waals surface area (Å²) in [6, 6.07) is 81.7. The van der Waals surface area contributed by atoms with Gasteiger partial charge in [-0.25, -0.2) is 0 Å².